The van der Waals surface area contributed by atoms with Gasteiger partial charge < -0.3 is 10.2 Å². The van der Waals surface area contributed by atoms with Gasteiger partial charge >= 0.3 is 0 Å². The van der Waals surface area contributed by atoms with Gasteiger partial charge in [0.2, 0.25) is 5.91 Å². The van der Waals surface area contributed by atoms with Gasteiger partial charge in [-0.05, 0) is 13.5 Å². The fourth-order valence-corrected chi connectivity index (χ4v) is 1.78. The molecule has 1 unspecified atom stereocenters. The van der Waals surface area contributed by atoms with E-state index in [9.17, 15) is 4.79 Å². The number of carbonyl (C=O) groups excluding carboxylic acids is 1. The van der Waals surface area contributed by atoms with Gasteiger partial charge in [0, 0.05) is 20.1 Å². The third-order valence-corrected chi connectivity index (χ3v) is 2.63. The number of nitrogens with zero attached hydrogens (tertiary/aromatic N) is 4. The lowest BCUT2D eigenvalue weighted by Gasteiger charge is -2.09. The molecule has 15 heavy (non-hydrogen) atoms. The van der Waals surface area contributed by atoms with Crippen LogP contribution in [0.5, 0.6) is 0 Å². The van der Waals surface area contributed by atoms with E-state index in [1.54, 1.807) is 9.58 Å². The van der Waals surface area contributed by atoms with Gasteiger partial charge in [0.05, 0.1) is 11.9 Å². The molecule has 6 heteroatoms. The summed E-state index contributed by atoms with van der Waals surface area (Å²) >= 11 is 0. The average molecular weight is 209 g/mol. The molecule has 1 aromatic rings. The molecule has 2 heterocycles. The Labute approximate surface area is 88.2 Å². The Morgan fingerprint density at radius 3 is 3.07 bits per heavy atom. The van der Waals surface area contributed by atoms with Crippen LogP contribution in [0.25, 0.3) is 0 Å². The number of likely N-dealkylation sites (tertiary alicyclic amines) is 1. The zero-order chi connectivity index (χ0) is 10.8. The highest BCUT2D eigenvalue weighted by Crippen LogP contribution is 2.20. The monoisotopic (exact) mass is 209 g/mol. The molecule has 1 aromatic heterocycles. The molecule has 0 saturated carbocycles. The van der Waals surface area contributed by atoms with Gasteiger partial charge in [0.1, 0.15) is 6.04 Å². The van der Waals surface area contributed by atoms with Crippen LogP contribution in [0.3, 0.4) is 0 Å². The lowest BCUT2D eigenvalue weighted by atomic mass is 10.2. The maximum absolute atomic E-state index is 11.7. The number of amides is 1. The summed E-state index contributed by atoms with van der Waals surface area (Å²) in [5, 5.41) is 11.0. The number of carbonyl (C=O) groups is 1. The molecule has 1 saturated heterocycles. The molecule has 1 fully saturated rings. The highest BCUT2D eigenvalue weighted by molar-refractivity contribution is 5.82. The summed E-state index contributed by atoms with van der Waals surface area (Å²) in [5.41, 5.74) is 0.861. The van der Waals surface area contributed by atoms with Crippen molar-refractivity contribution in [1.82, 2.24) is 25.2 Å². The summed E-state index contributed by atoms with van der Waals surface area (Å²) in [5.74, 6) is 0.121. The topological polar surface area (TPSA) is 63.1 Å². The van der Waals surface area contributed by atoms with Crippen molar-refractivity contribution in [1.29, 1.82) is 0 Å². The molecule has 0 bridgehead atoms. The normalized spacial score (nSPS) is 21.3. The predicted octanol–water partition coefficient (Wildman–Crippen LogP) is -0.599. The number of hydrogen-bond acceptors (Lipinski definition) is 4. The predicted molar refractivity (Wildman–Crippen MR) is 54.1 cm³/mol. The number of nitrogens with one attached hydrogen (secondary N) is 1. The van der Waals surface area contributed by atoms with Gasteiger partial charge in [-0.1, -0.05) is 5.21 Å². The Hall–Kier alpha value is -1.43. The quantitative estimate of drug-likeness (QED) is 0.722. The summed E-state index contributed by atoms with van der Waals surface area (Å²) in [6.45, 7) is 1.47. The van der Waals surface area contributed by atoms with Gasteiger partial charge in [-0.3, -0.25) is 4.79 Å². The molecule has 0 radical (unpaired) electrons. The first-order valence-electron chi connectivity index (χ1n) is 5.02. The molecule has 1 amide bonds. The molecule has 1 aliphatic rings. The minimum Gasteiger partial charge on any atom is -0.344 e. The van der Waals surface area contributed by atoms with Crippen LogP contribution in [0, 0.1) is 0 Å². The number of hydrogen-bond donors (Lipinski definition) is 1. The SMILES string of the molecule is CNCc1cn(C2CCN(C)C2=O)nn1. The first-order valence-corrected chi connectivity index (χ1v) is 5.02. The van der Waals surface area contributed by atoms with Crippen molar-refractivity contribution in [3.05, 3.63) is 11.9 Å². The lowest BCUT2D eigenvalue weighted by Crippen LogP contribution is -2.24. The standard InChI is InChI=1S/C9H15N5O/c1-10-5-7-6-14(12-11-7)8-3-4-13(2)9(8)15/h6,8,10H,3-5H2,1-2H3. The van der Waals surface area contributed by atoms with Crippen LogP contribution in [0.15, 0.2) is 6.20 Å². The molecule has 1 atom stereocenters. The van der Waals surface area contributed by atoms with Crippen molar-refractivity contribution >= 4 is 5.91 Å². The highest BCUT2D eigenvalue weighted by Gasteiger charge is 2.31. The van der Waals surface area contributed by atoms with E-state index in [1.165, 1.54) is 0 Å². The molecule has 6 nitrogen and oxygen atoms in total. The minimum atomic E-state index is -0.159. The molecule has 1 aliphatic heterocycles. The van der Waals surface area contributed by atoms with Crippen molar-refractivity contribution < 1.29 is 4.79 Å². The summed E-state index contributed by atoms with van der Waals surface area (Å²) in [7, 11) is 3.67. The fourth-order valence-electron chi connectivity index (χ4n) is 1.78. The molecule has 1 N–H and O–H groups in total. The van der Waals surface area contributed by atoms with E-state index >= 15 is 0 Å². The van der Waals surface area contributed by atoms with Crippen LogP contribution >= 0.6 is 0 Å². The molecule has 0 aliphatic carbocycles. The van der Waals surface area contributed by atoms with E-state index < -0.39 is 0 Å². The molecular formula is C9H15N5O. The van der Waals surface area contributed by atoms with Crippen molar-refractivity contribution in [2.45, 2.75) is 19.0 Å². The maximum atomic E-state index is 11.7. The van der Waals surface area contributed by atoms with Crippen LogP contribution in [-0.2, 0) is 11.3 Å². The smallest absolute Gasteiger partial charge is 0.247 e. The van der Waals surface area contributed by atoms with Gasteiger partial charge in [0.25, 0.3) is 0 Å². The summed E-state index contributed by atoms with van der Waals surface area (Å²) in [6.07, 6.45) is 2.65. The fraction of sp³-hybridized carbons (Fsp3) is 0.667. The Morgan fingerprint density at radius 1 is 1.67 bits per heavy atom. The van der Waals surface area contributed by atoms with Crippen molar-refractivity contribution in [3.8, 4) is 0 Å². The molecule has 0 spiro atoms. The lowest BCUT2D eigenvalue weighted by molar-refractivity contribution is -0.129. The largest absolute Gasteiger partial charge is 0.344 e. The van der Waals surface area contributed by atoms with Crippen LogP contribution < -0.4 is 5.32 Å². The van der Waals surface area contributed by atoms with Gasteiger partial charge in [0.15, 0.2) is 0 Å². The van der Waals surface area contributed by atoms with E-state index in [-0.39, 0.29) is 11.9 Å². The third kappa shape index (κ3) is 1.85. The van der Waals surface area contributed by atoms with Crippen LogP contribution in [-0.4, -0.2) is 46.4 Å². The summed E-state index contributed by atoms with van der Waals surface area (Å²) in [4.78, 5) is 13.4. The highest BCUT2D eigenvalue weighted by atomic mass is 16.2. The first kappa shape index (κ1) is 10.1. The number of aromatic nitrogens is 3. The zero-order valence-electron chi connectivity index (χ0n) is 8.97. The second kappa shape index (κ2) is 3.98. The van der Waals surface area contributed by atoms with Crippen LogP contribution in [0.1, 0.15) is 18.2 Å². The molecule has 2 rings (SSSR count). The van der Waals surface area contributed by atoms with Crippen LogP contribution in [0.2, 0.25) is 0 Å². The molecule has 82 valence electrons. The number of rotatable bonds is 3. The average Bonchev–Trinajstić information content (AvgIpc) is 2.77. The maximum Gasteiger partial charge on any atom is 0.247 e. The second-order valence-corrected chi connectivity index (χ2v) is 3.78. The van der Waals surface area contributed by atoms with E-state index in [0.29, 0.717) is 6.54 Å². The van der Waals surface area contributed by atoms with Crippen molar-refractivity contribution in [3.63, 3.8) is 0 Å². The van der Waals surface area contributed by atoms with Crippen molar-refractivity contribution in [2.24, 2.45) is 0 Å². The molecular weight excluding hydrogens is 194 g/mol. The van der Waals surface area contributed by atoms with Crippen molar-refractivity contribution in [2.75, 3.05) is 20.6 Å². The zero-order valence-corrected chi connectivity index (χ0v) is 8.97. The van der Waals surface area contributed by atoms with Gasteiger partial charge in [-0.25, -0.2) is 4.68 Å². The third-order valence-electron chi connectivity index (χ3n) is 2.63. The Balaban J connectivity index is 2.12. The summed E-state index contributed by atoms with van der Waals surface area (Å²) in [6, 6.07) is -0.159. The Morgan fingerprint density at radius 2 is 2.47 bits per heavy atom. The van der Waals surface area contributed by atoms with Gasteiger partial charge in [-0.15, -0.1) is 5.10 Å². The van der Waals surface area contributed by atoms with E-state index in [1.807, 2.05) is 20.3 Å². The Kier molecular flexibility index (Phi) is 2.68. The Bertz CT molecular complexity index is 361. The minimum absolute atomic E-state index is 0.121. The van der Waals surface area contributed by atoms with Gasteiger partial charge in [-0.2, -0.15) is 0 Å². The van der Waals surface area contributed by atoms with E-state index in [2.05, 4.69) is 15.6 Å². The number of likely N-dealkylation sites (N-methyl/N-ethyl adjacent to an activating group) is 1. The second-order valence-electron chi connectivity index (χ2n) is 3.78. The first-order chi connectivity index (χ1) is 7.22. The van der Waals surface area contributed by atoms with E-state index in [4.69, 9.17) is 0 Å². The van der Waals surface area contributed by atoms with Crippen LogP contribution in [0.4, 0.5) is 0 Å². The summed E-state index contributed by atoms with van der Waals surface area (Å²) < 4.78 is 1.67. The van der Waals surface area contributed by atoms with E-state index in [0.717, 1.165) is 18.7 Å². The molecule has 0 aromatic carbocycles.